The zero-order valence-corrected chi connectivity index (χ0v) is 11.1. The quantitative estimate of drug-likeness (QED) is 0.808. The number of hydrogen-bond acceptors (Lipinski definition) is 2. The molecule has 19 heavy (non-hydrogen) atoms. The van der Waals surface area contributed by atoms with Crippen molar-refractivity contribution in [2.75, 3.05) is 6.54 Å². The van der Waals surface area contributed by atoms with E-state index >= 15 is 0 Å². The summed E-state index contributed by atoms with van der Waals surface area (Å²) in [5, 5.41) is 0. The average molecular weight is 250 g/mol. The van der Waals surface area contributed by atoms with Gasteiger partial charge in [0.25, 0.3) is 0 Å². The second kappa shape index (κ2) is 5.27. The summed E-state index contributed by atoms with van der Waals surface area (Å²) in [4.78, 5) is 7.03. The molecule has 96 valence electrons. The van der Waals surface area contributed by atoms with E-state index in [-0.39, 0.29) is 6.04 Å². The first kappa shape index (κ1) is 12.0. The van der Waals surface area contributed by atoms with Gasteiger partial charge < -0.3 is 4.90 Å². The van der Waals surface area contributed by atoms with Gasteiger partial charge in [0.1, 0.15) is 6.04 Å². The van der Waals surface area contributed by atoms with Crippen molar-refractivity contribution in [3.63, 3.8) is 0 Å². The Kier molecular flexibility index (Phi) is 3.32. The van der Waals surface area contributed by atoms with Gasteiger partial charge in [-0.25, -0.2) is 0 Å². The van der Waals surface area contributed by atoms with Gasteiger partial charge >= 0.3 is 0 Å². The van der Waals surface area contributed by atoms with Gasteiger partial charge in [-0.1, -0.05) is 60.7 Å². The maximum absolute atomic E-state index is 4.72. The van der Waals surface area contributed by atoms with Crippen molar-refractivity contribution in [3.8, 4) is 0 Å². The second-order valence-electron chi connectivity index (χ2n) is 4.81. The molecule has 0 amide bonds. The van der Waals surface area contributed by atoms with Gasteiger partial charge in [0.05, 0.1) is 12.4 Å². The zero-order chi connectivity index (χ0) is 13.1. The third-order valence-corrected chi connectivity index (χ3v) is 3.68. The number of likely N-dealkylation sites (N-methyl/N-ethyl adjacent to an activating group) is 1. The van der Waals surface area contributed by atoms with Crippen LogP contribution in [0.3, 0.4) is 0 Å². The van der Waals surface area contributed by atoms with Crippen molar-refractivity contribution in [1.82, 2.24) is 4.90 Å². The lowest BCUT2D eigenvalue weighted by atomic mass is 9.94. The maximum Gasteiger partial charge on any atom is 0.101 e. The number of aliphatic imine (C=N–C) groups is 1. The summed E-state index contributed by atoms with van der Waals surface area (Å²) in [7, 11) is 0. The molecule has 3 rings (SSSR count). The van der Waals surface area contributed by atoms with Crippen molar-refractivity contribution in [2.45, 2.75) is 19.0 Å². The molecule has 1 aliphatic rings. The van der Waals surface area contributed by atoms with Gasteiger partial charge in [-0.15, -0.1) is 0 Å². The lowest BCUT2D eigenvalue weighted by Crippen LogP contribution is -2.25. The number of rotatable bonds is 3. The lowest BCUT2D eigenvalue weighted by molar-refractivity contribution is 0.330. The molecule has 1 heterocycles. The SMILES string of the molecule is CCN1C=N[C@H](c2ccccc2)[C@H]1c1ccccc1. The molecule has 0 unspecified atom stereocenters. The summed E-state index contributed by atoms with van der Waals surface area (Å²) >= 11 is 0. The fourth-order valence-electron chi connectivity index (χ4n) is 2.71. The normalized spacial score (nSPS) is 21.8. The predicted molar refractivity (Wildman–Crippen MR) is 79.2 cm³/mol. The smallest absolute Gasteiger partial charge is 0.101 e. The van der Waals surface area contributed by atoms with Crippen LogP contribution < -0.4 is 0 Å². The Morgan fingerprint density at radius 1 is 0.895 bits per heavy atom. The van der Waals surface area contributed by atoms with Gasteiger partial charge in [0.15, 0.2) is 0 Å². The third-order valence-electron chi connectivity index (χ3n) is 3.68. The molecule has 0 aromatic heterocycles. The van der Waals surface area contributed by atoms with Crippen LogP contribution in [-0.4, -0.2) is 17.8 Å². The molecule has 2 atom stereocenters. The fraction of sp³-hybridized carbons (Fsp3) is 0.235. The Labute approximate surface area is 114 Å². The standard InChI is InChI=1S/C17H18N2/c1-2-19-13-18-16(14-9-5-3-6-10-14)17(19)15-11-7-4-8-12-15/h3-13,16-17H,2H2,1H3/t16-,17-/m1/s1. The van der Waals surface area contributed by atoms with Crippen molar-refractivity contribution < 1.29 is 0 Å². The van der Waals surface area contributed by atoms with Crippen LogP contribution in [0.5, 0.6) is 0 Å². The second-order valence-corrected chi connectivity index (χ2v) is 4.81. The minimum Gasteiger partial charge on any atom is -0.354 e. The van der Waals surface area contributed by atoms with Gasteiger partial charge in [-0.2, -0.15) is 0 Å². The van der Waals surface area contributed by atoms with Crippen LogP contribution in [0.4, 0.5) is 0 Å². The fourth-order valence-corrected chi connectivity index (χ4v) is 2.71. The molecule has 0 spiro atoms. The molecule has 0 saturated heterocycles. The van der Waals surface area contributed by atoms with E-state index < -0.39 is 0 Å². The molecule has 2 heteroatoms. The summed E-state index contributed by atoms with van der Waals surface area (Å²) in [5.41, 5.74) is 2.61. The Morgan fingerprint density at radius 3 is 2.05 bits per heavy atom. The van der Waals surface area contributed by atoms with Crippen LogP contribution in [0.2, 0.25) is 0 Å². The van der Waals surface area contributed by atoms with Crippen LogP contribution in [-0.2, 0) is 0 Å². The van der Waals surface area contributed by atoms with E-state index in [9.17, 15) is 0 Å². The van der Waals surface area contributed by atoms with Crippen molar-refractivity contribution >= 4 is 6.34 Å². The van der Waals surface area contributed by atoms with Crippen LogP contribution in [0.1, 0.15) is 30.1 Å². The van der Waals surface area contributed by atoms with Crippen molar-refractivity contribution in [1.29, 1.82) is 0 Å². The van der Waals surface area contributed by atoms with Crippen LogP contribution in [0.15, 0.2) is 65.7 Å². The summed E-state index contributed by atoms with van der Waals surface area (Å²) in [6.45, 7) is 3.15. The molecule has 2 aromatic carbocycles. The van der Waals surface area contributed by atoms with E-state index in [4.69, 9.17) is 4.99 Å². The first-order valence-corrected chi connectivity index (χ1v) is 6.79. The Hall–Kier alpha value is -2.09. The predicted octanol–water partition coefficient (Wildman–Crippen LogP) is 3.83. The molecule has 2 nitrogen and oxygen atoms in total. The Balaban J connectivity index is 1.98. The maximum atomic E-state index is 4.72. The van der Waals surface area contributed by atoms with Crippen molar-refractivity contribution in [3.05, 3.63) is 71.8 Å². The van der Waals surface area contributed by atoms with E-state index in [0.29, 0.717) is 6.04 Å². The molecule has 2 aromatic rings. The first-order valence-electron chi connectivity index (χ1n) is 6.79. The van der Waals surface area contributed by atoms with E-state index in [1.165, 1.54) is 11.1 Å². The highest BCUT2D eigenvalue weighted by atomic mass is 15.2. The highest BCUT2D eigenvalue weighted by Crippen LogP contribution is 2.39. The molecule has 1 aliphatic heterocycles. The molecule has 0 fully saturated rings. The Bertz CT molecular complexity index is 548. The van der Waals surface area contributed by atoms with Gasteiger partial charge in [-0.3, -0.25) is 4.99 Å². The van der Waals surface area contributed by atoms with Gasteiger partial charge in [0, 0.05) is 6.54 Å². The molecule has 0 bridgehead atoms. The molecule has 0 radical (unpaired) electrons. The molecule has 0 N–H and O–H groups in total. The van der Waals surface area contributed by atoms with Gasteiger partial charge in [0.2, 0.25) is 0 Å². The van der Waals surface area contributed by atoms with E-state index in [2.05, 4.69) is 72.5 Å². The summed E-state index contributed by atoms with van der Waals surface area (Å²) in [6, 6.07) is 21.7. The van der Waals surface area contributed by atoms with E-state index in [1.54, 1.807) is 0 Å². The number of nitrogens with zero attached hydrogens (tertiary/aromatic N) is 2. The minimum absolute atomic E-state index is 0.198. The largest absolute Gasteiger partial charge is 0.354 e. The summed E-state index contributed by atoms with van der Waals surface area (Å²) < 4.78 is 0. The van der Waals surface area contributed by atoms with Gasteiger partial charge in [-0.05, 0) is 18.1 Å². The van der Waals surface area contributed by atoms with Crippen LogP contribution >= 0.6 is 0 Å². The monoisotopic (exact) mass is 250 g/mol. The van der Waals surface area contributed by atoms with E-state index in [0.717, 1.165) is 6.54 Å². The van der Waals surface area contributed by atoms with Crippen LogP contribution in [0, 0.1) is 0 Å². The van der Waals surface area contributed by atoms with Crippen LogP contribution in [0.25, 0.3) is 0 Å². The lowest BCUT2D eigenvalue weighted by Gasteiger charge is -2.27. The van der Waals surface area contributed by atoms with E-state index in [1.807, 2.05) is 6.34 Å². The number of hydrogen-bond donors (Lipinski definition) is 0. The molecular weight excluding hydrogens is 232 g/mol. The molecular formula is C17H18N2. The van der Waals surface area contributed by atoms with Crippen molar-refractivity contribution in [2.24, 2.45) is 4.99 Å². The Morgan fingerprint density at radius 2 is 1.47 bits per heavy atom. The number of benzene rings is 2. The molecule has 0 aliphatic carbocycles. The highest BCUT2D eigenvalue weighted by Gasteiger charge is 2.31. The first-order chi connectivity index (χ1) is 9.40. The summed E-state index contributed by atoms with van der Waals surface area (Å²) in [6.07, 6.45) is 2.00. The molecule has 0 saturated carbocycles. The highest BCUT2D eigenvalue weighted by molar-refractivity contribution is 5.61. The minimum atomic E-state index is 0.198. The summed E-state index contributed by atoms with van der Waals surface area (Å²) in [5.74, 6) is 0. The third kappa shape index (κ3) is 2.26. The zero-order valence-electron chi connectivity index (χ0n) is 11.1. The average Bonchev–Trinajstić information content (AvgIpc) is 2.93. The topological polar surface area (TPSA) is 15.6 Å².